The molecule has 1 saturated carbocycles. The minimum atomic E-state index is -2.67. The fourth-order valence-electron chi connectivity index (χ4n) is 4.02. The number of carbonyl (C=O) groups excluding carboxylic acids is 2. The van der Waals surface area contributed by atoms with Gasteiger partial charge < -0.3 is 15.5 Å². The number of aryl methyl sites for hydroxylation is 1. The van der Waals surface area contributed by atoms with Crippen LogP contribution in [0.3, 0.4) is 0 Å². The predicted molar refractivity (Wildman–Crippen MR) is 135 cm³/mol. The van der Waals surface area contributed by atoms with Crippen LogP contribution in [0, 0.1) is 6.92 Å². The van der Waals surface area contributed by atoms with Crippen LogP contribution >= 0.6 is 11.3 Å². The molecule has 0 radical (unpaired) electrons. The van der Waals surface area contributed by atoms with Crippen molar-refractivity contribution in [1.82, 2.24) is 20.2 Å². The number of halogens is 4. The highest BCUT2D eigenvalue weighted by atomic mass is 32.1. The molecule has 1 aliphatic heterocycles. The molecule has 2 aromatic heterocycles. The molecule has 1 aliphatic carbocycles. The number of nitrogens with one attached hydrogen (secondary N) is 2. The number of amides is 2. The Labute approximate surface area is 218 Å². The van der Waals surface area contributed by atoms with E-state index < -0.39 is 18.9 Å². The predicted octanol–water partition coefficient (Wildman–Crippen LogP) is 5.82. The van der Waals surface area contributed by atoms with E-state index in [1.165, 1.54) is 12.3 Å². The zero-order valence-electron chi connectivity index (χ0n) is 21.6. The smallest absolute Gasteiger partial charge is 0.280 e. The lowest BCUT2D eigenvalue weighted by Crippen LogP contribution is -2.39. The molecule has 0 bridgehead atoms. The van der Waals surface area contributed by atoms with E-state index in [1.54, 1.807) is 13.8 Å². The molecule has 2 N–H and O–H groups in total. The maximum absolute atomic E-state index is 13.7. The minimum absolute atomic E-state index is 0.116. The molecule has 0 spiro atoms. The Kier molecular flexibility index (Phi) is 8.81. The van der Waals surface area contributed by atoms with Gasteiger partial charge in [-0.2, -0.15) is 0 Å². The van der Waals surface area contributed by atoms with E-state index in [2.05, 4.69) is 20.6 Å². The van der Waals surface area contributed by atoms with Gasteiger partial charge in [-0.3, -0.25) is 9.59 Å². The number of likely N-dealkylation sites (tertiary alicyclic amines) is 1. The number of thiazole rings is 1. The third kappa shape index (κ3) is 7.62. The van der Waals surface area contributed by atoms with Crippen LogP contribution in [0.1, 0.15) is 80.9 Å². The molecule has 4 rings (SSSR count). The lowest BCUT2D eigenvalue weighted by atomic mass is 9.93. The Balaban J connectivity index is 0.000000319. The SMILES string of the molecule is CC1CC(F)(F)CN1C=O.Cc1nc(C(=O)NC2CCC2)sc1-c1cnc(NC(C)(C)C)cc1C(F)F. The van der Waals surface area contributed by atoms with Gasteiger partial charge in [-0.25, -0.2) is 27.5 Å². The highest BCUT2D eigenvalue weighted by Crippen LogP contribution is 2.37. The number of anilines is 1. The Hall–Kier alpha value is -2.76. The van der Waals surface area contributed by atoms with Crippen LogP contribution in [0.5, 0.6) is 0 Å². The number of aromatic nitrogens is 2. The van der Waals surface area contributed by atoms with E-state index in [1.807, 2.05) is 20.8 Å². The van der Waals surface area contributed by atoms with Gasteiger partial charge >= 0.3 is 0 Å². The van der Waals surface area contributed by atoms with Crippen LogP contribution in [0.2, 0.25) is 0 Å². The second-order valence-corrected chi connectivity index (χ2v) is 11.6. The molecular weight excluding hydrogens is 510 g/mol. The van der Waals surface area contributed by atoms with Gasteiger partial charge in [-0.1, -0.05) is 0 Å². The zero-order chi connectivity index (χ0) is 27.5. The molecule has 1 saturated heterocycles. The summed E-state index contributed by atoms with van der Waals surface area (Å²) >= 11 is 1.13. The van der Waals surface area contributed by atoms with Crippen LogP contribution in [0.15, 0.2) is 12.3 Å². The van der Waals surface area contributed by atoms with Gasteiger partial charge in [0.25, 0.3) is 18.3 Å². The summed E-state index contributed by atoms with van der Waals surface area (Å²) in [4.78, 5) is 32.7. The van der Waals surface area contributed by atoms with Crippen molar-refractivity contribution < 1.29 is 27.2 Å². The van der Waals surface area contributed by atoms with E-state index in [0.717, 1.165) is 35.5 Å². The first-order chi connectivity index (χ1) is 17.2. The number of hydrogen-bond donors (Lipinski definition) is 2. The summed E-state index contributed by atoms with van der Waals surface area (Å²) in [6.07, 6.45) is 2.12. The molecule has 7 nitrogen and oxygen atoms in total. The van der Waals surface area contributed by atoms with Crippen molar-refractivity contribution in [2.75, 3.05) is 11.9 Å². The third-order valence-electron chi connectivity index (χ3n) is 6.06. The number of rotatable bonds is 6. The van der Waals surface area contributed by atoms with Crippen LogP contribution < -0.4 is 10.6 Å². The molecule has 12 heteroatoms. The molecule has 37 heavy (non-hydrogen) atoms. The molecule has 3 heterocycles. The van der Waals surface area contributed by atoms with Crippen LogP contribution in [-0.2, 0) is 4.79 Å². The second kappa shape index (κ2) is 11.3. The molecule has 2 aromatic rings. The first-order valence-electron chi connectivity index (χ1n) is 12.1. The van der Waals surface area contributed by atoms with Crippen molar-refractivity contribution >= 4 is 29.5 Å². The fourth-order valence-corrected chi connectivity index (χ4v) is 5.02. The molecule has 2 fully saturated rings. The summed E-state index contributed by atoms with van der Waals surface area (Å²) in [7, 11) is 0. The summed E-state index contributed by atoms with van der Waals surface area (Å²) < 4.78 is 52.3. The standard InChI is InChI=1S/C19H24F2N4OS.C6H9F2NO/c1-10-15(27-18(23-10)17(26)24-11-6-5-7-11)13-9-22-14(25-19(2,3)4)8-12(13)16(20)21;1-5-2-6(7,8)3-9(5)4-10/h8-9,11,16H,5-7H2,1-4H3,(H,22,25)(H,24,26);4-5H,2-3H2,1H3. The van der Waals surface area contributed by atoms with Gasteiger partial charge in [0, 0.05) is 41.4 Å². The molecule has 1 atom stereocenters. The monoisotopic (exact) mass is 543 g/mol. The van der Waals surface area contributed by atoms with Crippen molar-refractivity contribution in [2.45, 2.75) is 90.3 Å². The van der Waals surface area contributed by atoms with E-state index in [0.29, 0.717) is 33.4 Å². The number of carbonyl (C=O) groups is 2. The average molecular weight is 544 g/mol. The van der Waals surface area contributed by atoms with Crippen LogP contribution in [0.25, 0.3) is 10.4 Å². The fraction of sp³-hybridized carbons (Fsp3) is 0.600. The van der Waals surface area contributed by atoms with Gasteiger partial charge in [-0.15, -0.1) is 11.3 Å². The Morgan fingerprint density at radius 1 is 1.30 bits per heavy atom. The van der Waals surface area contributed by atoms with Crippen molar-refractivity contribution in [3.63, 3.8) is 0 Å². The highest BCUT2D eigenvalue weighted by Gasteiger charge is 2.42. The maximum Gasteiger partial charge on any atom is 0.280 e. The Morgan fingerprint density at radius 3 is 2.43 bits per heavy atom. The van der Waals surface area contributed by atoms with Crippen molar-refractivity contribution in [3.05, 3.63) is 28.5 Å². The minimum Gasteiger partial charge on any atom is -0.365 e. The average Bonchev–Trinajstić information content (AvgIpc) is 3.27. The summed E-state index contributed by atoms with van der Waals surface area (Å²) in [5.41, 5.74) is 0.469. The number of alkyl halides is 4. The van der Waals surface area contributed by atoms with Crippen LogP contribution in [-0.4, -0.2) is 57.3 Å². The van der Waals surface area contributed by atoms with Gasteiger partial charge in [0.1, 0.15) is 5.82 Å². The highest BCUT2D eigenvalue weighted by molar-refractivity contribution is 7.17. The molecule has 2 aliphatic rings. The van der Waals surface area contributed by atoms with Gasteiger partial charge in [-0.05, 0) is 59.9 Å². The first-order valence-corrected chi connectivity index (χ1v) is 12.9. The third-order valence-corrected chi connectivity index (χ3v) is 7.25. The quantitative estimate of drug-likeness (QED) is 0.354. The normalized spacial score (nSPS) is 19.2. The van der Waals surface area contributed by atoms with Gasteiger partial charge in [0.15, 0.2) is 5.01 Å². The first kappa shape index (κ1) is 28.8. The van der Waals surface area contributed by atoms with Crippen molar-refractivity contribution in [2.24, 2.45) is 0 Å². The maximum atomic E-state index is 13.7. The van der Waals surface area contributed by atoms with Gasteiger partial charge in [0.05, 0.1) is 17.1 Å². The van der Waals surface area contributed by atoms with E-state index >= 15 is 0 Å². The van der Waals surface area contributed by atoms with E-state index in [-0.39, 0.29) is 35.5 Å². The molecule has 204 valence electrons. The van der Waals surface area contributed by atoms with Crippen LogP contribution in [0.4, 0.5) is 23.4 Å². The summed E-state index contributed by atoms with van der Waals surface area (Å²) in [5.74, 6) is -2.51. The number of hydrogen-bond acceptors (Lipinski definition) is 6. The lowest BCUT2D eigenvalue weighted by Gasteiger charge is -2.25. The summed E-state index contributed by atoms with van der Waals surface area (Å²) in [6.45, 7) is 8.73. The lowest BCUT2D eigenvalue weighted by molar-refractivity contribution is -0.119. The summed E-state index contributed by atoms with van der Waals surface area (Å²) in [6, 6.07) is 1.26. The van der Waals surface area contributed by atoms with Crippen molar-refractivity contribution in [1.29, 1.82) is 0 Å². The Morgan fingerprint density at radius 2 is 1.97 bits per heavy atom. The molecular formula is C25H33F4N5O2S. The molecule has 0 aromatic carbocycles. The van der Waals surface area contributed by atoms with E-state index in [9.17, 15) is 27.2 Å². The second-order valence-electron chi connectivity index (χ2n) is 10.6. The van der Waals surface area contributed by atoms with Gasteiger partial charge in [0.2, 0.25) is 6.41 Å². The van der Waals surface area contributed by atoms with E-state index in [4.69, 9.17) is 0 Å². The summed E-state index contributed by atoms with van der Waals surface area (Å²) in [5, 5.41) is 6.34. The molecule has 1 unspecified atom stereocenters. The number of pyridine rings is 1. The zero-order valence-corrected chi connectivity index (χ0v) is 22.4. The number of nitrogens with zero attached hydrogens (tertiary/aromatic N) is 3. The topological polar surface area (TPSA) is 87.2 Å². The largest absolute Gasteiger partial charge is 0.365 e. The molecule has 2 amide bonds. The van der Waals surface area contributed by atoms with Crippen molar-refractivity contribution in [3.8, 4) is 10.4 Å². The Bertz CT molecular complexity index is 1110.